The van der Waals surface area contributed by atoms with Gasteiger partial charge < -0.3 is 19.3 Å². The minimum atomic E-state index is -1.12. The van der Waals surface area contributed by atoms with Crippen LogP contribution in [0.15, 0.2) is 34.1 Å². The van der Waals surface area contributed by atoms with Crippen LogP contribution in [-0.2, 0) is 0 Å². The molecule has 1 saturated heterocycles. The normalized spacial score (nSPS) is 14.7. The lowest BCUT2D eigenvalue weighted by molar-refractivity contribution is 0.0520. The zero-order chi connectivity index (χ0) is 18.7. The first-order chi connectivity index (χ1) is 12.3. The number of thiophene rings is 1. The molecule has 26 heavy (non-hydrogen) atoms. The lowest BCUT2D eigenvalue weighted by Crippen LogP contribution is -2.50. The van der Waals surface area contributed by atoms with E-state index in [4.69, 9.17) is 4.42 Å². The molecule has 0 saturated carbocycles. The van der Waals surface area contributed by atoms with E-state index in [-0.39, 0.29) is 17.6 Å². The molecule has 1 fully saturated rings. The second-order valence-electron chi connectivity index (χ2n) is 6.53. The number of rotatable bonds is 2. The van der Waals surface area contributed by atoms with Crippen LogP contribution in [0.4, 0.5) is 0 Å². The van der Waals surface area contributed by atoms with E-state index in [0.717, 1.165) is 0 Å². The average Bonchev–Trinajstić information content (AvgIpc) is 3.30. The largest absolute Gasteiger partial charge is 0.443 e. The van der Waals surface area contributed by atoms with Crippen molar-refractivity contribution in [2.75, 3.05) is 26.2 Å². The number of furan rings is 1. The van der Waals surface area contributed by atoms with Gasteiger partial charge in [-0.25, -0.2) is 0 Å². The van der Waals surface area contributed by atoms with Crippen LogP contribution in [0.25, 0.3) is 0 Å². The van der Waals surface area contributed by atoms with Gasteiger partial charge >= 0.3 is 0 Å². The molecule has 2 amide bonds. The van der Waals surface area contributed by atoms with Crippen LogP contribution in [0, 0.1) is 11.8 Å². The van der Waals surface area contributed by atoms with E-state index in [1.807, 2.05) is 17.5 Å². The molecule has 0 aliphatic carbocycles. The molecule has 2 aromatic heterocycles. The molecule has 1 aliphatic rings. The van der Waals surface area contributed by atoms with Crippen molar-refractivity contribution in [2.45, 2.75) is 19.4 Å². The molecule has 0 bridgehead atoms. The maximum absolute atomic E-state index is 12.6. The minimum absolute atomic E-state index is 0.00859. The summed E-state index contributed by atoms with van der Waals surface area (Å²) in [5, 5.41) is 11.5. The highest BCUT2D eigenvalue weighted by Gasteiger charge is 2.27. The van der Waals surface area contributed by atoms with E-state index < -0.39 is 5.60 Å². The highest BCUT2D eigenvalue weighted by Crippen LogP contribution is 2.16. The van der Waals surface area contributed by atoms with Crippen molar-refractivity contribution in [3.63, 3.8) is 0 Å². The molecule has 0 unspecified atom stereocenters. The molecule has 6 nitrogen and oxygen atoms in total. The Bertz CT molecular complexity index is 844. The molecule has 7 heteroatoms. The number of carbonyl (C=O) groups is 2. The SMILES string of the molecule is CC(C)(O)C#Cc1ccc(C(=O)N2CCN(C(=O)c3cccs3)CC2)o1. The minimum Gasteiger partial charge on any atom is -0.443 e. The van der Waals surface area contributed by atoms with Gasteiger partial charge in [-0.15, -0.1) is 11.3 Å². The summed E-state index contributed by atoms with van der Waals surface area (Å²) < 4.78 is 5.47. The van der Waals surface area contributed by atoms with Crippen molar-refractivity contribution >= 4 is 23.2 Å². The second kappa shape index (κ2) is 7.36. The van der Waals surface area contributed by atoms with Gasteiger partial charge in [-0.3, -0.25) is 9.59 Å². The summed E-state index contributed by atoms with van der Waals surface area (Å²) in [4.78, 5) is 29.0. The third-order valence-corrected chi connectivity index (χ3v) is 4.75. The Balaban J connectivity index is 1.59. The third-order valence-electron chi connectivity index (χ3n) is 3.89. The van der Waals surface area contributed by atoms with E-state index in [1.54, 1.807) is 35.8 Å². The number of hydrogen-bond donors (Lipinski definition) is 1. The highest BCUT2D eigenvalue weighted by molar-refractivity contribution is 7.12. The molecule has 1 aliphatic heterocycles. The van der Waals surface area contributed by atoms with Crippen LogP contribution in [0.1, 0.15) is 39.8 Å². The van der Waals surface area contributed by atoms with Crippen LogP contribution in [-0.4, -0.2) is 58.5 Å². The highest BCUT2D eigenvalue weighted by atomic mass is 32.1. The van der Waals surface area contributed by atoms with Crippen LogP contribution in [0.3, 0.4) is 0 Å². The molecule has 0 spiro atoms. The number of hydrogen-bond acceptors (Lipinski definition) is 5. The molecule has 0 radical (unpaired) electrons. The monoisotopic (exact) mass is 372 g/mol. The Morgan fingerprint density at radius 2 is 1.77 bits per heavy atom. The second-order valence-corrected chi connectivity index (χ2v) is 7.48. The number of carbonyl (C=O) groups excluding carboxylic acids is 2. The summed E-state index contributed by atoms with van der Waals surface area (Å²) in [6.07, 6.45) is 0. The molecule has 3 rings (SSSR count). The predicted molar refractivity (Wildman–Crippen MR) is 98.0 cm³/mol. The van der Waals surface area contributed by atoms with E-state index in [9.17, 15) is 14.7 Å². The number of amides is 2. The summed E-state index contributed by atoms with van der Waals surface area (Å²) in [5.74, 6) is 5.69. The van der Waals surface area contributed by atoms with E-state index in [2.05, 4.69) is 11.8 Å². The molecule has 136 valence electrons. The third kappa shape index (κ3) is 4.34. The van der Waals surface area contributed by atoms with E-state index in [0.29, 0.717) is 36.8 Å². The first-order valence-corrected chi connectivity index (χ1v) is 9.19. The van der Waals surface area contributed by atoms with Crippen LogP contribution < -0.4 is 0 Å². The Morgan fingerprint density at radius 3 is 2.35 bits per heavy atom. The van der Waals surface area contributed by atoms with Gasteiger partial charge in [0.25, 0.3) is 11.8 Å². The van der Waals surface area contributed by atoms with Gasteiger partial charge in [0, 0.05) is 26.2 Å². The van der Waals surface area contributed by atoms with Crippen molar-refractivity contribution in [3.05, 3.63) is 46.0 Å². The van der Waals surface area contributed by atoms with Gasteiger partial charge in [-0.2, -0.15) is 0 Å². The van der Waals surface area contributed by atoms with Gasteiger partial charge in [0.2, 0.25) is 0 Å². The topological polar surface area (TPSA) is 74.0 Å². The molecule has 2 aromatic rings. The molecule has 3 heterocycles. The summed E-state index contributed by atoms with van der Waals surface area (Å²) >= 11 is 1.42. The number of nitrogens with zero attached hydrogens (tertiary/aromatic N) is 2. The standard InChI is InChI=1S/C19H20N2O4S/c1-19(2,24)8-7-14-5-6-15(25-14)17(22)20-9-11-21(12-10-20)18(23)16-4-3-13-26-16/h3-6,13,24H,9-12H2,1-2H3. The number of piperazine rings is 1. The van der Waals surface area contributed by atoms with Gasteiger partial charge in [0.15, 0.2) is 11.5 Å². The van der Waals surface area contributed by atoms with Crippen molar-refractivity contribution < 1.29 is 19.1 Å². The van der Waals surface area contributed by atoms with Crippen molar-refractivity contribution in [3.8, 4) is 11.8 Å². The lowest BCUT2D eigenvalue weighted by atomic mass is 10.1. The first kappa shape index (κ1) is 18.2. The zero-order valence-electron chi connectivity index (χ0n) is 14.7. The zero-order valence-corrected chi connectivity index (χ0v) is 15.5. The van der Waals surface area contributed by atoms with Gasteiger partial charge in [-0.1, -0.05) is 12.0 Å². The molecular weight excluding hydrogens is 352 g/mol. The lowest BCUT2D eigenvalue weighted by Gasteiger charge is -2.34. The summed E-state index contributed by atoms with van der Waals surface area (Å²) in [7, 11) is 0. The smallest absolute Gasteiger partial charge is 0.289 e. The van der Waals surface area contributed by atoms with Crippen molar-refractivity contribution in [1.29, 1.82) is 0 Å². The summed E-state index contributed by atoms with van der Waals surface area (Å²) in [6, 6.07) is 6.86. The van der Waals surface area contributed by atoms with Crippen LogP contribution in [0.2, 0.25) is 0 Å². The predicted octanol–water partition coefficient (Wildman–Crippen LogP) is 2.06. The summed E-state index contributed by atoms with van der Waals surface area (Å²) in [6.45, 7) is 5.06. The van der Waals surface area contributed by atoms with Crippen LogP contribution in [0.5, 0.6) is 0 Å². The quantitative estimate of drug-likeness (QED) is 0.819. The number of aliphatic hydroxyl groups is 1. The van der Waals surface area contributed by atoms with E-state index >= 15 is 0 Å². The fourth-order valence-corrected chi connectivity index (χ4v) is 3.25. The van der Waals surface area contributed by atoms with Gasteiger partial charge in [0.1, 0.15) is 5.60 Å². The van der Waals surface area contributed by atoms with Crippen molar-refractivity contribution in [2.24, 2.45) is 0 Å². The maximum Gasteiger partial charge on any atom is 0.289 e. The maximum atomic E-state index is 12.6. The fraction of sp³-hybridized carbons (Fsp3) is 0.368. The molecule has 1 N–H and O–H groups in total. The molecule has 0 atom stereocenters. The van der Waals surface area contributed by atoms with Crippen LogP contribution >= 0.6 is 11.3 Å². The average molecular weight is 372 g/mol. The summed E-state index contributed by atoms with van der Waals surface area (Å²) in [5.41, 5.74) is -1.12. The van der Waals surface area contributed by atoms with Gasteiger partial charge in [0.05, 0.1) is 4.88 Å². The molecular formula is C19H20N2O4S. The Labute approximate surface area is 156 Å². The van der Waals surface area contributed by atoms with E-state index in [1.165, 1.54) is 11.3 Å². The fourth-order valence-electron chi connectivity index (χ4n) is 2.56. The Morgan fingerprint density at radius 1 is 1.12 bits per heavy atom. The molecule has 0 aromatic carbocycles. The first-order valence-electron chi connectivity index (χ1n) is 8.31. The van der Waals surface area contributed by atoms with Gasteiger partial charge in [-0.05, 0) is 43.3 Å². The van der Waals surface area contributed by atoms with Crippen molar-refractivity contribution in [1.82, 2.24) is 9.80 Å². The Kier molecular flexibility index (Phi) is 5.16. The Hall–Kier alpha value is -2.56.